The van der Waals surface area contributed by atoms with Crippen molar-refractivity contribution in [1.29, 1.82) is 0 Å². The molecule has 0 bridgehead atoms. The minimum atomic E-state index is -0.801. The zero-order chi connectivity index (χ0) is 25.2. The summed E-state index contributed by atoms with van der Waals surface area (Å²) in [5.74, 6) is 0.600. The molecule has 3 aromatic carbocycles. The van der Waals surface area contributed by atoms with Crippen LogP contribution in [0.2, 0.25) is 0 Å². The van der Waals surface area contributed by atoms with Gasteiger partial charge in [-0.2, -0.15) is 0 Å². The van der Waals surface area contributed by atoms with E-state index < -0.39 is 12.0 Å². The Hall–Kier alpha value is -3.67. The van der Waals surface area contributed by atoms with Crippen LogP contribution in [0.4, 0.5) is 0 Å². The van der Waals surface area contributed by atoms with Gasteiger partial charge in [-0.1, -0.05) is 54.6 Å². The molecular formula is C29H33NO5. The van der Waals surface area contributed by atoms with Gasteiger partial charge in [0.05, 0.1) is 12.7 Å². The summed E-state index contributed by atoms with van der Waals surface area (Å²) in [7, 11) is 0. The van der Waals surface area contributed by atoms with E-state index in [4.69, 9.17) is 14.6 Å². The van der Waals surface area contributed by atoms with E-state index in [1.165, 1.54) is 0 Å². The van der Waals surface area contributed by atoms with Gasteiger partial charge in [0, 0.05) is 18.4 Å². The number of carboxylic acids is 1. The maximum absolute atomic E-state index is 11.8. The van der Waals surface area contributed by atoms with Crippen molar-refractivity contribution in [3.05, 3.63) is 99.5 Å². The molecule has 0 amide bonds. The Morgan fingerprint density at radius 3 is 2.49 bits per heavy atom. The van der Waals surface area contributed by atoms with E-state index in [0.717, 1.165) is 40.0 Å². The Morgan fingerprint density at radius 1 is 1.06 bits per heavy atom. The SMILES string of the molecule is CCc1ccc(OC(C)CCOc2ccc(CCC(=O)O)c(C)c2)c(C(N=O)c2ccccc2)c1. The van der Waals surface area contributed by atoms with Crippen LogP contribution in [0, 0.1) is 11.8 Å². The summed E-state index contributed by atoms with van der Waals surface area (Å²) in [6.07, 6.45) is 1.98. The van der Waals surface area contributed by atoms with E-state index >= 15 is 0 Å². The third kappa shape index (κ3) is 7.41. The fraction of sp³-hybridized carbons (Fsp3) is 0.345. The molecule has 0 radical (unpaired) electrons. The summed E-state index contributed by atoms with van der Waals surface area (Å²) < 4.78 is 12.2. The molecule has 6 nitrogen and oxygen atoms in total. The number of nitrogens with zero attached hydrogens (tertiary/aromatic N) is 1. The van der Waals surface area contributed by atoms with Crippen LogP contribution in [-0.4, -0.2) is 23.8 Å². The van der Waals surface area contributed by atoms with E-state index in [1.807, 2.05) is 80.6 Å². The predicted molar refractivity (Wildman–Crippen MR) is 137 cm³/mol. The molecule has 3 rings (SSSR count). The van der Waals surface area contributed by atoms with Gasteiger partial charge in [-0.15, -0.1) is 4.91 Å². The van der Waals surface area contributed by atoms with Crippen LogP contribution in [0.3, 0.4) is 0 Å². The van der Waals surface area contributed by atoms with Gasteiger partial charge in [0.25, 0.3) is 0 Å². The highest BCUT2D eigenvalue weighted by Crippen LogP contribution is 2.34. The molecule has 2 atom stereocenters. The van der Waals surface area contributed by atoms with Crippen molar-refractivity contribution < 1.29 is 19.4 Å². The Morgan fingerprint density at radius 2 is 1.83 bits per heavy atom. The van der Waals surface area contributed by atoms with Crippen molar-refractivity contribution in [2.75, 3.05) is 6.61 Å². The first kappa shape index (κ1) is 25.9. The van der Waals surface area contributed by atoms with Gasteiger partial charge in [-0.25, -0.2) is 0 Å². The van der Waals surface area contributed by atoms with Crippen LogP contribution < -0.4 is 9.47 Å². The Labute approximate surface area is 206 Å². The number of carboxylic acid groups (broad SMARTS) is 1. The molecule has 6 heteroatoms. The number of aryl methyl sites for hydroxylation is 3. The molecule has 2 unspecified atom stereocenters. The summed E-state index contributed by atoms with van der Waals surface area (Å²) >= 11 is 0. The van der Waals surface area contributed by atoms with Gasteiger partial charge in [-0.3, -0.25) is 4.79 Å². The lowest BCUT2D eigenvalue weighted by molar-refractivity contribution is -0.136. The van der Waals surface area contributed by atoms with Crippen LogP contribution in [0.25, 0.3) is 0 Å². The van der Waals surface area contributed by atoms with Crippen molar-refractivity contribution in [2.24, 2.45) is 5.18 Å². The summed E-state index contributed by atoms with van der Waals surface area (Å²) in [6, 6.07) is 20.6. The average molecular weight is 476 g/mol. The highest BCUT2D eigenvalue weighted by Gasteiger charge is 2.21. The van der Waals surface area contributed by atoms with Crippen molar-refractivity contribution in [1.82, 2.24) is 0 Å². The standard InChI is InChI=1S/C29H33NO5/c1-4-22-10-14-27(26(19-22)29(30-33)24-8-6-5-7-9-24)35-21(3)16-17-34-25-13-11-23(20(2)18-25)12-15-28(31)32/h5-11,13-14,18-19,21,29H,4,12,15-17H2,1-3H3,(H,31,32). The first-order valence-corrected chi connectivity index (χ1v) is 12.0. The van der Waals surface area contributed by atoms with E-state index in [-0.39, 0.29) is 12.5 Å². The van der Waals surface area contributed by atoms with Crippen molar-refractivity contribution in [3.63, 3.8) is 0 Å². The first-order chi connectivity index (χ1) is 16.9. The topological polar surface area (TPSA) is 85.2 Å². The molecule has 184 valence electrons. The number of aliphatic carboxylic acids is 1. The van der Waals surface area contributed by atoms with E-state index in [9.17, 15) is 9.70 Å². The third-order valence-electron chi connectivity index (χ3n) is 6.04. The van der Waals surface area contributed by atoms with Crippen LogP contribution >= 0.6 is 0 Å². The Bertz CT molecular complexity index is 1130. The fourth-order valence-corrected chi connectivity index (χ4v) is 3.97. The van der Waals surface area contributed by atoms with Crippen molar-refractivity contribution in [3.8, 4) is 11.5 Å². The Kier molecular flexibility index (Phi) is 9.41. The number of carbonyl (C=O) groups is 1. The number of nitroso groups, excluding NO2 is 1. The molecule has 0 heterocycles. The smallest absolute Gasteiger partial charge is 0.303 e. The number of rotatable bonds is 13. The number of ether oxygens (including phenoxy) is 2. The number of hydrogen-bond donors (Lipinski definition) is 1. The largest absolute Gasteiger partial charge is 0.493 e. The van der Waals surface area contributed by atoms with Gasteiger partial charge >= 0.3 is 5.97 Å². The molecule has 35 heavy (non-hydrogen) atoms. The van der Waals surface area contributed by atoms with Gasteiger partial charge in [0.15, 0.2) is 0 Å². The van der Waals surface area contributed by atoms with Crippen LogP contribution in [0.1, 0.15) is 60.5 Å². The molecule has 0 fully saturated rings. The fourth-order valence-electron chi connectivity index (χ4n) is 3.97. The maximum atomic E-state index is 11.8. The molecule has 0 saturated heterocycles. The monoisotopic (exact) mass is 475 g/mol. The van der Waals surface area contributed by atoms with Gasteiger partial charge < -0.3 is 14.6 Å². The lowest BCUT2D eigenvalue weighted by Gasteiger charge is -2.21. The second-order valence-corrected chi connectivity index (χ2v) is 8.69. The van der Waals surface area contributed by atoms with Crippen LogP contribution in [0.5, 0.6) is 11.5 Å². The summed E-state index contributed by atoms with van der Waals surface area (Å²) in [5, 5.41) is 12.3. The maximum Gasteiger partial charge on any atom is 0.303 e. The molecule has 0 aliphatic heterocycles. The highest BCUT2D eigenvalue weighted by atomic mass is 16.5. The Balaban J connectivity index is 1.64. The van der Waals surface area contributed by atoms with Crippen LogP contribution in [0.15, 0.2) is 71.9 Å². The van der Waals surface area contributed by atoms with Crippen molar-refractivity contribution >= 4 is 5.97 Å². The van der Waals surface area contributed by atoms with E-state index in [1.54, 1.807) is 0 Å². The summed E-state index contributed by atoms with van der Waals surface area (Å²) in [5.41, 5.74) is 4.75. The van der Waals surface area contributed by atoms with Gasteiger partial charge in [0.2, 0.25) is 0 Å². The predicted octanol–water partition coefficient (Wildman–Crippen LogP) is 6.67. The van der Waals surface area contributed by atoms with Gasteiger partial charge in [0.1, 0.15) is 17.5 Å². The minimum absolute atomic E-state index is 0.113. The minimum Gasteiger partial charge on any atom is -0.493 e. The first-order valence-electron chi connectivity index (χ1n) is 12.0. The summed E-state index contributed by atoms with van der Waals surface area (Å²) in [4.78, 5) is 22.7. The average Bonchev–Trinajstić information content (AvgIpc) is 2.85. The molecular weight excluding hydrogens is 442 g/mol. The molecule has 3 aromatic rings. The molecule has 0 aliphatic carbocycles. The summed E-state index contributed by atoms with van der Waals surface area (Å²) in [6.45, 7) is 6.48. The van der Waals surface area contributed by atoms with E-state index in [0.29, 0.717) is 25.2 Å². The zero-order valence-electron chi connectivity index (χ0n) is 20.6. The molecule has 0 aliphatic rings. The van der Waals surface area contributed by atoms with Crippen LogP contribution in [-0.2, 0) is 17.6 Å². The third-order valence-corrected chi connectivity index (χ3v) is 6.04. The molecule has 0 spiro atoms. The van der Waals surface area contributed by atoms with E-state index in [2.05, 4.69) is 12.1 Å². The number of hydrogen-bond acceptors (Lipinski definition) is 5. The second kappa shape index (κ2) is 12.7. The quantitative estimate of drug-likeness (QED) is 0.279. The second-order valence-electron chi connectivity index (χ2n) is 8.69. The zero-order valence-corrected chi connectivity index (χ0v) is 20.6. The lowest BCUT2D eigenvalue weighted by atomic mass is 9.96. The van der Waals surface area contributed by atoms with Gasteiger partial charge in [-0.05, 0) is 73.2 Å². The van der Waals surface area contributed by atoms with Crippen molar-refractivity contribution in [2.45, 2.75) is 58.6 Å². The lowest BCUT2D eigenvalue weighted by Crippen LogP contribution is -2.17. The number of benzene rings is 3. The molecule has 0 aromatic heterocycles. The molecule has 1 N–H and O–H groups in total. The molecule has 0 saturated carbocycles. The highest BCUT2D eigenvalue weighted by molar-refractivity contribution is 5.67. The normalized spacial score (nSPS) is 12.5.